The van der Waals surface area contributed by atoms with Crippen LogP contribution in [0.3, 0.4) is 0 Å². The maximum atomic E-state index is 13.3. The number of fused-ring (bicyclic) bond motifs is 1. The highest BCUT2D eigenvalue weighted by Crippen LogP contribution is 2.36. The van der Waals surface area contributed by atoms with Crippen LogP contribution in [0.2, 0.25) is 0 Å². The van der Waals surface area contributed by atoms with Crippen molar-refractivity contribution in [2.24, 2.45) is 0 Å². The van der Waals surface area contributed by atoms with Crippen LogP contribution in [0.1, 0.15) is 36.0 Å². The fourth-order valence-electron chi connectivity index (χ4n) is 3.72. The Morgan fingerprint density at radius 2 is 1.89 bits per heavy atom. The maximum absolute atomic E-state index is 13.3. The Labute approximate surface area is 214 Å². The summed E-state index contributed by atoms with van der Waals surface area (Å²) in [7, 11) is 1.94. The predicted octanol–water partition coefficient (Wildman–Crippen LogP) is 3.38. The van der Waals surface area contributed by atoms with E-state index in [4.69, 9.17) is 9.47 Å². The van der Waals surface area contributed by atoms with E-state index in [2.05, 4.69) is 20.6 Å². The maximum Gasteiger partial charge on any atom is 0.407 e. The number of rotatable bonds is 8. The van der Waals surface area contributed by atoms with E-state index < -0.39 is 11.7 Å². The molecule has 10 heteroatoms. The molecule has 2 amide bonds. The topological polar surface area (TPSA) is 105 Å². The van der Waals surface area contributed by atoms with Gasteiger partial charge in [0.25, 0.3) is 5.91 Å². The molecule has 3 aromatic heterocycles. The fourth-order valence-corrected chi connectivity index (χ4v) is 4.92. The molecule has 4 aromatic rings. The number of nitrogens with zero attached hydrogens (tertiary/aromatic N) is 1. The summed E-state index contributed by atoms with van der Waals surface area (Å²) in [5.74, 6) is 0.291. The average Bonchev–Trinajstić information content (AvgIpc) is 3.44. The second kappa shape index (κ2) is 10.9. The van der Waals surface area contributed by atoms with Crippen LogP contribution in [0.25, 0.3) is 21.5 Å². The lowest BCUT2D eigenvalue weighted by molar-refractivity contribution is 0.0520. The molecular weight excluding hydrogens is 475 g/mol. The minimum absolute atomic E-state index is 0.186. The van der Waals surface area contributed by atoms with Crippen LogP contribution >= 0.6 is 11.3 Å². The van der Waals surface area contributed by atoms with Crippen LogP contribution in [-0.4, -0.2) is 48.6 Å². The van der Waals surface area contributed by atoms with Gasteiger partial charge in [-0.25, -0.2) is 9.78 Å². The highest BCUT2D eigenvalue weighted by Gasteiger charge is 2.24. The quantitative estimate of drug-likeness (QED) is 0.252. The standard InChI is InChI=1S/C26H29BN4O4S/c1-26(2,3)35-25(33)30-13-14-34-20-19(27)21(17-9-11-28-23-18(17)10-12-29-23)36-22(20)24(32)31-15-16-7-5-4-6-8-16/h4-12H,13-15,27H2,1-3H3,(H,28,29)(H,30,33)(H,31,32). The number of carbonyl (C=O) groups excluding carboxylic acids is 2. The lowest BCUT2D eigenvalue weighted by Crippen LogP contribution is -2.35. The Balaban J connectivity index is 1.56. The van der Waals surface area contributed by atoms with E-state index in [0.29, 0.717) is 17.2 Å². The number of ether oxygens (including phenoxy) is 2. The Bertz CT molecular complexity index is 1360. The summed E-state index contributed by atoms with van der Waals surface area (Å²) in [6.07, 6.45) is 3.08. The van der Waals surface area contributed by atoms with Crippen LogP contribution in [0.15, 0.2) is 54.9 Å². The number of hydrogen-bond acceptors (Lipinski definition) is 6. The first kappa shape index (κ1) is 25.3. The molecule has 0 bridgehead atoms. The number of thiophene rings is 1. The minimum Gasteiger partial charge on any atom is -0.491 e. The number of carbonyl (C=O) groups is 2. The van der Waals surface area contributed by atoms with Crippen LogP contribution in [0.4, 0.5) is 4.79 Å². The number of alkyl carbamates (subject to hydrolysis) is 1. The van der Waals surface area contributed by atoms with Crippen molar-refractivity contribution >= 4 is 47.7 Å². The molecule has 0 unspecified atom stereocenters. The van der Waals surface area contributed by atoms with Gasteiger partial charge in [0.1, 0.15) is 36.3 Å². The number of H-pyrrole nitrogens is 1. The van der Waals surface area contributed by atoms with Gasteiger partial charge in [-0.05, 0) is 43.9 Å². The van der Waals surface area contributed by atoms with Gasteiger partial charge in [0, 0.05) is 34.8 Å². The third kappa shape index (κ3) is 6.06. The molecule has 0 aliphatic heterocycles. The van der Waals surface area contributed by atoms with Gasteiger partial charge in [-0.15, -0.1) is 11.3 Å². The highest BCUT2D eigenvalue weighted by molar-refractivity contribution is 7.19. The molecule has 3 N–H and O–H groups in total. The zero-order valence-electron chi connectivity index (χ0n) is 20.8. The molecular formula is C26H29BN4O4S. The van der Waals surface area contributed by atoms with Crippen molar-refractivity contribution in [1.82, 2.24) is 20.6 Å². The number of nitrogens with one attached hydrogen (secondary N) is 3. The number of amides is 2. The molecule has 0 spiro atoms. The van der Waals surface area contributed by atoms with E-state index in [1.807, 2.05) is 56.5 Å². The Morgan fingerprint density at radius 3 is 2.64 bits per heavy atom. The van der Waals surface area contributed by atoms with Gasteiger partial charge in [0.2, 0.25) is 0 Å². The van der Waals surface area contributed by atoms with Crippen molar-refractivity contribution in [1.29, 1.82) is 0 Å². The molecule has 4 rings (SSSR count). The SMILES string of the molecule is Bc1c(-c2ccnc3[nH]ccc23)sc(C(=O)NCc2ccccc2)c1OCCNC(=O)OC(C)(C)C. The normalized spacial score (nSPS) is 11.3. The number of aromatic amines is 1. The summed E-state index contributed by atoms with van der Waals surface area (Å²) in [6.45, 7) is 6.25. The van der Waals surface area contributed by atoms with E-state index in [1.165, 1.54) is 11.3 Å². The van der Waals surface area contributed by atoms with Crippen LogP contribution in [0, 0.1) is 0 Å². The Morgan fingerprint density at radius 1 is 1.11 bits per heavy atom. The molecule has 0 aliphatic rings. The molecule has 0 aliphatic carbocycles. The molecule has 0 fully saturated rings. The van der Waals surface area contributed by atoms with Gasteiger partial charge in [-0.3, -0.25) is 4.79 Å². The minimum atomic E-state index is -0.581. The number of benzene rings is 1. The number of aromatic nitrogens is 2. The van der Waals surface area contributed by atoms with Gasteiger partial charge in [0.15, 0.2) is 0 Å². The fraction of sp³-hybridized carbons (Fsp3) is 0.269. The van der Waals surface area contributed by atoms with Crippen LogP contribution < -0.4 is 20.8 Å². The van der Waals surface area contributed by atoms with E-state index >= 15 is 0 Å². The first-order valence-electron chi connectivity index (χ1n) is 11.7. The second-order valence-corrected chi connectivity index (χ2v) is 10.3. The van der Waals surface area contributed by atoms with Gasteiger partial charge in [0.05, 0.1) is 6.54 Å². The lowest BCUT2D eigenvalue weighted by atomic mass is 9.92. The van der Waals surface area contributed by atoms with Crippen molar-refractivity contribution in [3.05, 3.63) is 65.3 Å². The van der Waals surface area contributed by atoms with Crippen LogP contribution in [0.5, 0.6) is 5.75 Å². The summed E-state index contributed by atoms with van der Waals surface area (Å²) < 4.78 is 11.3. The van der Waals surface area contributed by atoms with Crippen LogP contribution in [-0.2, 0) is 11.3 Å². The van der Waals surface area contributed by atoms with Crippen molar-refractivity contribution in [2.75, 3.05) is 13.2 Å². The molecule has 8 nitrogen and oxygen atoms in total. The van der Waals surface area contributed by atoms with E-state index in [-0.39, 0.29) is 19.1 Å². The van der Waals surface area contributed by atoms with Crippen molar-refractivity contribution < 1.29 is 19.1 Å². The van der Waals surface area contributed by atoms with Crippen molar-refractivity contribution in [2.45, 2.75) is 32.9 Å². The summed E-state index contributed by atoms with van der Waals surface area (Å²) in [5, 5.41) is 6.65. The Kier molecular flexibility index (Phi) is 7.64. The monoisotopic (exact) mass is 504 g/mol. The summed E-state index contributed by atoms with van der Waals surface area (Å²) in [5.41, 5.74) is 3.03. The Hall–Kier alpha value is -3.79. The molecule has 36 heavy (non-hydrogen) atoms. The van der Waals surface area contributed by atoms with Gasteiger partial charge in [-0.1, -0.05) is 30.3 Å². The summed E-state index contributed by atoms with van der Waals surface area (Å²) in [4.78, 5) is 34.1. The number of pyridine rings is 1. The van der Waals surface area contributed by atoms with E-state index in [0.717, 1.165) is 32.5 Å². The zero-order valence-corrected chi connectivity index (χ0v) is 21.6. The third-order valence-electron chi connectivity index (χ3n) is 5.32. The lowest BCUT2D eigenvalue weighted by Gasteiger charge is -2.19. The zero-order chi connectivity index (χ0) is 25.7. The average molecular weight is 504 g/mol. The molecule has 186 valence electrons. The predicted molar refractivity (Wildman–Crippen MR) is 145 cm³/mol. The third-order valence-corrected chi connectivity index (χ3v) is 6.62. The first-order valence-corrected chi connectivity index (χ1v) is 12.5. The summed E-state index contributed by atoms with van der Waals surface area (Å²) >= 11 is 1.38. The molecule has 1 aromatic carbocycles. The molecule has 0 atom stereocenters. The number of hydrogen-bond donors (Lipinski definition) is 3. The first-order chi connectivity index (χ1) is 17.2. The smallest absolute Gasteiger partial charge is 0.407 e. The van der Waals surface area contributed by atoms with Gasteiger partial charge >= 0.3 is 6.09 Å². The van der Waals surface area contributed by atoms with Gasteiger partial charge in [-0.2, -0.15) is 0 Å². The molecule has 0 saturated heterocycles. The van der Waals surface area contributed by atoms with Gasteiger partial charge < -0.3 is 25.1 Å². The second-order valence-electron chi connectivity index (χ2n) is 9.26. The van der Waals surface area contributed by atoms with E-state index in [9.17, 15) is 9.59 Å². The summed E-state index contributed by atoms with van der Waals surface area (Å²) in [6, 6.07) is 13.6. The van der Waals surface area contributed by atoms with Crippen molar-refractivity contribution in [3.8, 4) is 16.2 Å². The highest BCUT2D eigenvalue weighted by atomic mass is 32.1. The molecule has 3 heterocycles. The van der Waals surface area contributed by atoms with E-state index in [1.54, 1.807) is 27.0 Å². The molecule has 0 saturated carbocycles. The molecule has 0 radical (unpaired) electrons. The van der Waals surface area contributed by atoms with Crippen molar-refractivity contribution in [3.63, 3.8) is 0 Å². The largest absolute Gasteiger partial charge is 0.491 e.